The van der Waals surface area contributed by atoms with Crippen molar-refractivity contribution in [2.75, 3.05) is 13.7 Å². The highest BCUT2D eigenvalue weighted by Gasteiger charge is 2.27. The Morgan fingerprint density at radius 3 is 2.83 bits per heavy atom. The summed E-state index contributed by atoms with van der Waals surface area (Å²) in [6, 6.07) is 2.76. The Morgan fingerprint density at radius 2 is 2.11 bits per heavy atom. The maximum atomic E-state index is 5.67. The molecule has 0 bridgehead atoms. The average molecular weight is 310 g/mol. The van der Waals surface area contributed by atoms with Crippen LogP contribution in [0.4, 0.5) is 0 Å². The molecule has 2 aliphatic rings. The summed E-state index contributed by atoms with van der Waals surface area (Å²) in [5.74, 6) is 1.05. The van der Waals surface area contributed by atoms with Crippen molar-refractivity contribution in [3.05, 3.63) is 27.2 Å². The van der Waals surface area contributed by atoms with Crippen molar-refractivity contribution in [2.24, 2.45) is 0 Å². The summed E-state index contributed by atoms with van der Waals surface area (Å²) in [5.41, 5.74) is 4.51. The summed E-state index contributed by atoms with van der Waals surface area (Å²) >= 11 is 3.68. The van der Waals surface area contributed by atoms with Gasteiger partial charge >= 0.3 is 0 Å². The predicted octanol–water partition coefficient (Wildman–Crippen LogP) is 3.76. The van der Waals surface area contributed by atoms with E-state index in [0.29, 0.717) is 6.04 Å². The molecular formula is C15H20BrNO. The summed E-state index contributed by atoms with van der Waals surface area (Å²) in [5, 5.41) is 3.62. The van der Waals surface area contributed by atoms with Crippen LogP contribution in [0, 0.1) is 0 Å². The van der Waals surface area contributed by atoms with Crippen molar-refractivity contribution in [1.29, 1.82) is 0 Å². The Labute approximate surface area is 117 Å². The first-order valence-electron chi connectivity index (χ1n) is 6.92. The fraction of sp³-hybridized carbons (Fsp3) is 0.600. The summed E-state index contributed by atoms with van der Waals surface area (Å²) in [4.78, 5) is 0. The predicted molar refractivity (Wildman–Crippen MR) is 77.3 cm³/mol. The van der Waals surface area contributed by atoms with Gasteiger partial charge in [-0.3, -0.25) is 0 Å². The molecule has 1 saturated heterocycles. The molecule has 1 aromatic rings. The van der Waals surface area contributed by atoms with Crippen LogP contribution >= 0.6 is 15.9 Å². The SMILES string of the molecule is COc1c(Br)cc2c(c1C1CCCN1)CCCC2. The van der Waals surface area contributed by atoms with Crippen molar-refractivity contribution in [3.63, 3.8) is 0 Å². The van der Waals surface area contributed by atoms with E-state index in [1.165, 1.54) is 49.7 Å². The molecular weight excluding hydrogens is 290 g/mol. The molecule has 0 aromatic heterocycles. The largest absolute Gasteiger partial charge is 0.495 e. The molecule has 3 heteroatoms. The van der Waals surface area contributed by atoms with Gasteiger partial charge in [0, 0.05) is 11.6 Å². The summed E-state index contributed by atoms with van der Waals surface area (Å²) in [6.07, 6.45) is 7.58. The van der Waals surface area contributed by atoms with Crippen LogP contribution in [0.1, 0.15) is 48.4 Å². The molecule has 1 N–H and O–H groups in total. The van der Waals surface area contributed by atoms with Crippen LogP contribution in [-0.4, -0.2) is 13.7 Å². The maximum absolute atomic E-state index is 5.67. The number of hydrogen-bond donors (Lipinski definition) is 1. The number of halogens is 1. The molecule has 2 nitrogen and oxygen atoms in total. The van der Waals surface area contributed by atoms with Crippen LogP contribution in [0.5, 0.6) is 5.75 Å². The van der Waals surface area contributed by atoms with Crippen LogP contribution in [0.25, 0.3) is 0 Å². The first-order valence-corrected chi connectivity index (χ1v) is 7.72. The molecule has 1 unspecified atom stereocenters. The molecule has 1 aliphatic heterocycles. The number of methoxy groups -OCH3 is 1. The van der Waals surface area contributed by atoms with E-state index in [1.54, 1.807) is 12.7 Å². The fourth-order valence-corrected chi connectivity index (χ4v) is 4.04. The summed E-state index contributed by atoms with van der Waals surface area (Å²) < 4.78 is 6.79. The zero-order valence-corrected chi connectivity index (χ0v) is 12.5. The van der Waals surface area contributed by atoms with Gasteiger partial charge in [0.2, 0.25) is 0 Å². The van der Waals surface area contributed by atoms with Gasteiger partial charge in [-0.25, -0.2) is 0 Å². The second-order valence-corrected chi connectivity index (χ2v) is 6.15. The van der Waals surface area contributed by atoms with Gasteiger partial charge in [-0.1, -0.05) is 0 Å². The normalized spacial score (nSPS) is 22.9. The van der Waals surface area contributed by atoms with E-state index >= 15 is 0 Å². The van der Waals surface area contributed by atoms with E-state index in [0.717, 1.165) is 16.8 Å². The number of benzene rings is 1. The van der Waals surface area contributed by atoms with E-state index in [9.17, 15) is 0 Å². The molecule has 0 radical (unpaired) electrons. The molecule has 98 valence electrons. The van der Waals surface area contributed by atoms with Gasteiger partial charge in [0.15, 0.2) is 0 Å². The number of fused-ring (bicyclic) bond motifs is 1. The molecule has 1 heterocycles. The smallest absolute Gasteiger partial charge is 0.138 e. The maximum Gasteiger partial charge on any atom is 0.138 e. The highest BCUT2D eigenvalue weighted by molar-refractivity contribution is 9.10. The van der Waals surface area contributed by atoms with E-state index < -0.39 is 0 Å². The molecule has 0 amide bonds. The Hall–Kier alpha value is -0.540. The standard InChI is InChI=1S/C15H20BrNO/c1-18-15-12(16)9-10-5-2-3-6-11(10)14(15)13-7-4-8-17-13/h9,13,17H,2-8H2,1H3. The van der Waals surface area contributed by atoms with Gasteiger partial charge in [0.05, 0.1) is 11.6 Å². The second-order valence-electron chi connectivity index (χ2n) is 5.30. The quantitative estimate of drug-likeness (QED) is 0.898. The van der Waals surface area contributed by atoms with E-state index in [2.05, 4.69) is 27.3 Å². The Morgan fingerprint density at radius 1 is 1.28 bits per heavy atom. The van der Waals surface area contributed by atoms with Gasteiger partial charge in [-0.2, -0.15) is 0 Å². The third-order valence-electron chi connectivity index (χ3n) is 4.21. The lowest BCUT2D eigenvalue weighted by Gasteiger charge is -2.26. The minimum Gasteiger partial charge on any atom is -0.495 e. The zero-order valence-electron chi connectivity index (χ0n) is 10.9. The Bertz CT molecular complexity index is 452. The van der Waals surface area contributed by atoms with Crippen LogP contribution in [0.15, 0.2) is 10.5 Å². The lowest BCUT2D eigenvalue weighted by molar-refractivity contribution is 0.398. The van der Waals surface area contributed by atoms with Crippen LogP contribution < -0.4 is 10.1 Å². The summed E-state index contributed by atoms with van der Waals surface area (Å²) in [7, 11) is 1.79. The minimum atomic E-state index is 0.490. The van der Waals surface area contributed by atoms with Gasteiger partial charge in [-0.05, 0) is 78.2 Å². The van der Waals surface area contributed by atoms with Crippen molar-refractivity contribution in [3.8, 4) is 5.75 Å². The molecule has 0 spiro atoms. The monoisotopic (exact) mass is 309 g/mol. The number of nitrogens with one attached hydrogen (secondary N) is 1. The number of hydrogen-bond acceptors (Lipinski definition) is 2. The zero-order chi connectivity index (χ0) is 12.5. The van der Waals surface area contributed by atoms with Gasteiger partial charge < -0.3 is 10.1 Å². The van der Waals surface area contributed by atoms with Crippen LogP contribution in [0.2, 0.25) is 0 Å². The summed E-state index contributed by atoms with van der Waals surface area (Å²) in [6.45, 7) is 1.13. The molecule has 0 saturated carbocycles. The number of rotatable bonds is 2. The van der Waals surface area contributed by atoms with Crippen molar-refractivity contribution >= 4 is 15.9 Å². The van der Waals surface area contributed by atoms with Crippen LogP contribution in [-0.2, 0) is 12.8 Å². The average Bonchev–Trinajstić information content (AvgIpc) is 2.90. The lowest BCUT2D eigenvalue weighted by atomic mass is 9.85. The molecule has 1 aliphatic carbocycles. The van der Waals surface area contributed by atoms with Gasteiger partial charge in [0.1, 0.15) is 5.75 Å². The van der Waals surface area contributed by atoms with Crippen molar-refractivity contribution < 1.29 is 4.74 Å². The highest BCUT2D eigenvalue weighted by atomic mass is 79.9. The van der Waals surface area contributed by atoms with E-state index in [-0.39, 0.29) is 0 Å². The number of ether oxygens (including phenoxy) is 1. The molecule has 18 heavy (non-hydrogen) atoms. The fourth-order valence-electron chi connectivity index (χ4n) is 3.39. The lowest BCUT2D eigenvalue weighted by Crippen LogP contribution is -2.18. The second kappa shape index (κ2) is 5.22. The molecule has 3 rings (SSSR count). The Kier molecular flexibility index (Phi) is 3.62. The first-order chi connectivity index (χ1) is 8.81. The van der Waals surface area contributed by atoms with E-state index in [4.69, 9.17) is 4.74 Å². The molecule has 1 aromatic carbocycles. The van der Waals surface area contributed by atoms with Crippen LogP contribution in [0.3, 0.4) is 0 Å². The topological polar surface area (TPSA) is 21.3 Å². The third kappa shape index (κ3) is 2.08. The minimum absolute atomic E-state index is 0.490. The Balaban J connectivity index is 2.14. The van der Waals surface area contributed by atoms with Gasteiger partial charge in [0.25, 0.3) is 0 Å². The van der Waals surface area contributed by atoms with Crippen molar-refractivity contribution in [2.45, 2.75) is 44.6 Å². The highest BCUT2D eigenvalue weighted by Crippen LogP contribution is 2.42. The van der Waals surface area contributed by atoms with Crippen molar-refractivity contribution in [1.82, 2.24) is 5.32 Å². The number of aryl methyl sites for hydroxylation is 1. The first kappa shape index (κ1) is 12.5. The molecule has 1 fully saturated rings. The third-order valence-corrected chi connectivity index (χ3v) is 4.80. The van der Waals surface area contributed by atoms with E-state index in [1.807, 2.05) is 0 Å². The molecule has 1 atom stereocenters. The van der Waals surface area contributed by atoms with Gasteiger partial charge in [-0.15, -0.1) is 0 Å².